The first-order valence-corrected chi connectivity index (χ1v) is 15.0. The molecule has 208 valence electrons. The molecule has 0 amide bonds. The Bertz CT molecular complexity index is 1180. The second-order valence-corrected chi connectivity index (χ2v) is 14.6. The molecule has 2 heterocycles. The van der Waals surface area contributed by atoms with Gasteiger partial charge in [-0.25, -0.2) is 0 Å². The molecular weight excluding hydrogens is 478 g/mol. The normalized spacial score (nSPS) is 40.3. The third-order valence-electron chi connectivity index (χ3n) is 12.4. The van der Waals surface area contributed by atoms with Crippen LogP contribution in [0.3, 0.4) is 0 Å². The second kappa shape index (κ2) is 7.76. The fourth-order valence-electron chi connectivity index (χ4n) is 9.85. The fourth-order valence-corrected chi connectivity index (χ4v) is 9.85. The minimum absolute atomic E-state index is 0.00334. The molecule has 0 radical (unpaired) electrons. The van der Waals surface area contributed by atoms with Crippen LogP contribution >= 0.6 is 0 Å². The van der Waals surface area contributed by atoms with Gasteiger partial charge in [0.1, 0.15) is 11.7 Å². The zero-order chi connectivity index (χ0) is 26.9. The van der Waals surface area contributed by atoms with Crippen molar-refractivity contribution in [3.8, 4) is 11.5 Å². The number of ether oxygens (including phenoxy) is 3. The van der Waals surface area contributed by atoms with Crippen molar-refractivity contribution in [1.82, 2.24) is 4.90 Å². The van der Waals surface area contributed by atoms with Gasteiger partial charge in [-0.05, 0) is 81.4 Å². The molecule has 0 unspecified atom stereocenters. The van der Waals surface area contributed by atoms with Gasteiger partial charge in [0, 0.05) is 48.4 Å². The summed E-state index contributed by atoms with van der Waals surface area (Å²) in [6.07, 6.45) is 7.76. The molecule has 2 spiro atoms. The first kappa shape index (κ1) is 25.3. The average molecular weight is 524 g/mol. The fraction of sp³-hybridized carbons (Fsp3) is 0.781. The van der Waals surface area contributed by atoms with Crippen LogP contribution < -0.4 is 9.47 Å². The summed E-state index contributed by atoms with van der Waals surface area (Å²) in [4.78, 5) is 15.3. The van der Waals surface area contributed by atoms with Gasteiger partial charge in [-0.2, -0.15) is 0 Å². The van der Waals surface area contributed by atoms with Crippen molar-refractivity contribution in [2.24, 2.45) is 22.7 Å². The second-order valence-electron chi connectivity index (χ2n) is 14.6. The molecule has 5 aliphatic carbocycles. The highest BCUT2D eigenvalue weighted by Gasteiger charge is 2.82. The highest BCUT2D eigenvalue weighted by atomic mass is 16.6. The highest BCUT2D eigenvalue weighted by Crippen LogP contribution is 2.78. The largest absolute Gasteiger partial charge is 0.482 e. The number of esters is 1. The van der Waals surface area contributed by atoms with Gasteiger partial charge in [0.15, 0.2) is 11.5 Å². The van der Waals surface area contributed by atoms with Crippen LogP contribution in [0, 0.1) is 22.7 Å². The van der Waals surface area contributed by atoms with Gasteiger partial charge < -0.3 is 19.3 Å². The Kier molecular flexibility index (Phi) is 5.18. The van der Waals surface area contributed by atoms with Crippen LogP contribution in [0.15, 0.2) is 12.1 Å². The van der Waals surface area contributed by atoms with Crippen LogP contribution in [0.2, 0.25) is 0 Å². The molecule has 4 bridgehead atoms. The van der Waals surface area contributed by atoms with Crippen molar-refractivity contribution in [3.05, 3.63) is 23.3 Å². The van der Waals surface area contributed by atoms with Gasteiger partial charge in [0.05, 0.1) is 5.60 Å². The van der Waals surface area contributed by atoms with Crippen molar-refractivity contribution < 1.29 is 24.1 Å². The van der Waals surface area contributed by atoms with Crippen molar-refractivity contribution in [2.45, 2.75) is 115 Å². The monoisotopic (exact) mass is 523 g/mol. The molecule has 8 rings (SSSR count). The maximum Gasteiger partial charge on any atom is 0.311 e. The number of piperidine rings is 1. The predicted molar refractivity (Wildman–Crippen MR) is 144 cm³/mol. The lowest BCUT2D eigenvalue weighted by atomic mass is 9.33. The molecule has 1 saturated heterocycles. The molecule has 5 fully saturated rings. The summed E-state index contributed by atoms with van der Waals surface area (Å²) in [6, 6.07) is 4.59. The number of aliphatic hydroxyl groups is 1. The Hall–Kier alpha value is -1.63. The molecular formula is C32H45NO5. The first-order chi connectivity index (χ1) is 17.9. The van der Waals surface area contributed by atoms with E-state index in [0.29, 0.717) is 18.2 Å². The maximum atomic E-state index is 12.4. The van der Waals surface area contributed by atoms with Crippen LogP contribution in [-0.2, 0) is 21.4 Å². The number of methoxy groups -OCH3 is 1. The first-order valence-electron chi connectivity index (χ1n) is 15.0. The average Bonchev–Trinajstić information content (AvgIpc) is 3.62. The van der Waals surface area contributed by atoms with Gasteiger partial charge in [-0.1, -0.05) is 33.8 Å². The summed E-state index contributed by atoms with van der Waals surface area (Å²) >= 11 is 0. The van der Waals surface area contributed by atoms with Crippen LogP contribution in [0.4, 0.5) is 0 Å². The summed E-state index contributed by atoms with van der Waals surface area (Å²) < 4.78 is 19.6. The summed E-state index contributed by atoms with van der Waals surface area (Å²) in [5.41, 5.74) is 0.588. The van der Waals surface area contributed by atoms with E-state index in [-0.39, 0.29) is 34.2 Å². The molecule has 1 N–H and O–H groups in total. The van der Waals surface area contributed by atoms with Gasteiger partial charge >= 0.3 is 5.97 Å². The Morgan fingerprint density at radius 3 is 2.61 bits per heavy atom. The van der Waals surface area contributed by atoms with Gasteiger partial charge in [-0.15, -0.1) is 0 Å². The highest BCUT2D eigenvalue weighted by molar-refractivity contribution is 5.74. The number of benzene rings is 1. The maximum absolute atomic E-state index is 12.4. The predicted octanol–water partition coefficient (Wildman–Crippen LogP) is 5.02. The number of likely N-dealkylation sites (tertiary alicyclic amines) is 1. The number of carbonyl (C=O) groups excluding carboxylic acids is 1. The molecule has 0 aromatic heterocycles. The van der Waals surface area contributed by atoms with Gasteiger partial charge in [0.25, 0.3) is 0 Å². The summed E-state index contributed by atoms with van der Waals surface area (Å²) in [7, 11) is 1.83. The zero-order valence-corrected chi connectivity index (χ0v) is 24.1. The molecule has 1 aromatic carbocycles. The van der Waals surface area contributed by atoms with E-state index in [1.807, 2.05) is 27.0 Å². The van der Waals surface area contributed by atoms with Crippen molar-refractivity contribution in [2.75, 3.05) is 20.2 Å². The minimum Gasteiger partial charge on any atom is -0.482 e. The third-order valence-corrected chi connectivity index (χ3v) is 12.4. The number of rotatable bonds is 6. The molecule has 4 saturated carbocycles. The summed E-state index contributed by atoms with van der Waals surface area (Å²) in [5, 5.41) is 12.3. The van der Waals surface area contributed by atoms with Gasteiger partial charge in [-0.3, -0.25) is 9.69 Å². The summed E-state index contributed by atoms with van der Waals surface area (Å²) in [6.45, 7) is 12.6. The van der Waals surface area contributed by atoms with Gasteiger partial charge in [0.2, 0.25) is 0 Å². The molecule has 6 heteroatoms. The Morgan fingerprint density at radius 2 is 1.95 bits per heavy atom. The van der Waals surface area contributed by atoms with E-state index in [4.69, 9.17) is 14.2 Å². The molecule has 7 aliphatic rings. The lowest BCUT2D eigenvalue weighted by Gasteiger charge is -2.75. The minimum atomic E-state index is -0.941. The topological polar surface area (TPSA) is 68.2 Å². The number of hydrogen-bond donors (Lipinski definition) is 1. The van der Waals surface area contributed by atoms with Crippen molar-refractivity contribution in [3.63, 3.8) is 0 Å². The lowest BCUT2D eigenvalue weighted by Crippen LogP contribution is -2.83. The van der Waals surface area contributed by atoms with E-state index in [9.17, 15) is 9.90 Å². The lowest BCUT2D eigenvalue weighted by molar-refractivity contribution is -0.312. The smallest absolute Gasteiger partial charge is 0.311 e. The van der Waals surface area contributed by atoms with Crippen molar-refractivity contribution >= 4 is 5.97 Å². The molecule has 38 heavy (non-hydrogen) atoms. The number of carbonyl (C=O) groups is 1. The number of fused-ring (bicyclic) bond motifs is 2. The van der Waals surface area contributed by atoms with E-state index >= 15 is 0 Å². The Balaban J connectivity index is 1.45. The Morgan fingerprint density at radius 1 is 1.18 bits per heavy atom. The zero-order valence-electron chi connectivity index (χ0n) is 24.1. The van der Waals surface area contributed by atoms with E-state index in [1.54, 1.807) is 0 Å². The van der Waals surface area contributed by atoms with Crippen molar-refractivity contribution in [1.29, 1.82) is 0 Å². The standard InChI is InChI=1S/C32H45NO5/c1-7-24(34)37-21-11-10-20-16-23-30-12-13-32(36-6,22(17-30)29(5,35)28(2,3)4)27-31(30,25(20)26(21)38-27)14-15-33(23)18-19-8-9-19/h10-11,19,22-23,27,35H,7-9,12-18H2,1-6H3/t22-,23-,27-,29+,30-,31+,32-/m1/s1. The SMILES string of the molecule is CCC(=O)Oc1ccc2c3c1O[C@H]1[C@@]4(OC)CC[C@@]5(C[C@@H]4[C@](C)(O)C(C)(C)C)[C@@H](C2)N(CC2CC2)CC[C@]315. The van der Waals surface area contributed by atoms with E-state index < -0.39 is 11.2 Å². The van der Waals surface area contributed by atoms with Crippen LogP contribution in [-0.4, -0.2) is 59.5 Å². The summed E-state index contributed by atoms with van der Waals surface area (Å²) in [5.74, 6) is 1.86. The molecule has 2 aliphatic heterocycles. The van der Waals surface area contributed by atoms with Crippen LogP contribution in [0.1, 0.15) is 90.7 Å². The number of hydrogen-bond acceptors (Lipinski definition) is 6. The quantitative estimate of drug-likeness (QED) is 0.417. The molecule has 7 atom stereocenters. The van der Waals surface area contributed by atoms with Crippen LogP contribution in [0.25, 0.3) is 0 Å². The van der Waals surface area contributed by atoms with E-state index in [1.165, 1.54) is 30.5 Å². The molecule has 1 aromatic rings. The molecule has 6 nitrogen and oxygen atoms in total. The van der Waals surface area contributed by atoms with E-state index in [0.717, 1.165) is 50.3 Å². The Labute approximate surface area is 227 Å². The van der Waals surface area contributed by atoms with E-state index in [2.05, 4.69) is 31.7 Å². The third kappa shape index (κ3) is 2.88. The van der Waals surface area contributed by atoms with Crippen LogP contribution in [0.5, 0.6) is 11.5 Å². The number of nitrogens with zero attached hydrogens (tertiary/aromatic N) is 1.